The summed E-state index contributed by atoms with van der Waals surface area (Å²) in [6, 6.07) is 9.01. The largest absolute Gasteiger partial charge is 0.508 e. The number of carbonyl (C=O) groups is 1. The van der Waals surface area contributed by atoms with Gasteiger partial charge in [0.2, 0.25) is 0 Å². The zero-order valence-corrected chi connectivity index (χ0v) is 18.6. The van der Waals surface area contributed by atoms with E-state index in [4.69, 9.17) is 16.3 Å². The number of ketones is 1. The van der Waals surface area contributed by atoms with Crippen LogP contribution in [-0.4, -0.2) is 23.7 Å². The molecular weight excluding hydrogens is 447 g/mol. The van der Waals surface area contributed by atoms with Crippen molar-refractivity contribution in [3.63, 3.8) is 0 Å². The van der Waals surface area contributed by atoms with E-state index in [0.29, 0.717) is 22.9 Å². The molecule has 0 aromatic heterocycles. The number of phenols is 1. The molecule has 2 aromatic rings. The van der Waals surface area contributed by atoms with Gasteiger partial charge in [0, 0.05) is 22.3 Å². The van der Waals surface area contributed by atoms with Crippen molar-refractivity contribution in [2.75, 3.05) is 6.61 Å². The summed E-state index contributed by atoms with van der Waals surface area (Å²) in [7, 11) is 0. The standard InChI is InChI=1S/C22H25BrClFO3/c1-13(2)18-8-15(5-7-22(18)27)9-19-20(23)10-17(11-21(19)24)28-12-16(26)6-4-14(3)25/h5,7-8,10-11,13-14,27H,4,6,9,12H2,1-3H3. The summed E-state index contributed by atoms with van der Waals surface area (Å²) >= 11 is 9.97. The molecular formula is C22H25BrClFO3. The van der Waals surface area contributed by atoms with Crippen LogP contribution in [0.3, 0.4) is 0 Å². The van der Waals surface area contributed by atoms with E-state index in [9.17, 15) is 14.3 Å². The van der Waals surface area contributed by atoms with Crippen LogP contribution in [0, 0.1) is 0 Å². The number of carbonyl (C=O) groups excluding carboxylic acids is 1. The number of halogens is 3. The third-order valence-corrected chi connectivity index (χ3v) is 5.47. The minimum Gasteiger partial charge on any atom is -0.508 e. The first-order valence-corrected chi connectivity index (χ1v) is 10.4. The highest BCUT2D eigenvalue weighted by Crippen LogP contribution is 2.34. The second kappa shape index (κ2) is 10.3. The number of ether oxygens (including phenoxy) is 1. The third kappa shape index (κ3) is 6.49. The van der Waals surface area contributed by atoms with Gasteiger partial charge in [-0.25, -0.2) is 4.39 Å². The SMILES string of the molecule is CC(F)CCC(=O)COc1cc(Cl)c(Cc2ccc(O)c(C(C)C)c2)c(Br)c1. The fourth-order valence-corrected chi connectivity index (χ4v) is 3.78. The predicted octanol–water partition coefficient (Wildman–Crippen LogP) is 6.61. The number of phenolic OH excluding ortho intramolecular Hbond substituents is 1. The van der Waals surface area contributed by atoms with Crippen molar-refractivity contribution in [2.45, 2.75) is 52.1 Å². The zero-order valence-electron chi connectivity index (χ0n) is 16.3. The molecule has 1 atom stereocenters. The Balaban J connectivity index is 2.10. The minimum absolute atomic E-state index is 0.107. The lowest BCUT2D eigenvalue weighted by Crippen LogP contribution is -2.12. The molecule has 0 amide bonds. The number of rotatable bonds is 9. The van der Waals surface area contributed by atoms with Gasteiger partial charge in [0.1, 0.15) is 18.1 Å². The molecule has 1 unspecified atom stereocenters. The quantitative estimate of drug-likeness (QED) is 0.448. The number of hydrogen-bond acceptors (Lipinski definition) is 3. The van der Waals surface area contributed by atoms with E-state index < -0.39 is 6.17 Å². The molecule has 0 aliphatic carbocycles. The summed E-state index contributed by atoms with van der Waals surface area (Å²) in [6.45, 7) is 5.39. The van der Waals surface area contributed by atoms with Gasteiger partial charge in [0.25, 0.3) is 0 Å². The minimum atomic E-state index is -0.997. The van der Waals surface area contributed by atoms with Crippen molar-refractivity contribution in [1.29, 1.82) is 0 Å². The number of aromatic hydroxyl groups is 1. The molecule has 3 nitrogen and oxygen atoms in total. The summed E-state index contributed by atoms with van der Waals surface area (Å²) in [4.78, 5) is 11.8. The molecule has 0 radical (unpaired) electrons. The summed E-state index contributed by atoms with van der Waals surface area (Å²) in [5, 5.41) is 10.5. The lowest BCUT2D eigenvalue weighted by atomic mass is 9.96. The van der Waals surface area contributed by atoms with E-state index in [1.165, 1.54) is 6.92 Å². The topological polar surface area (TPSA) is 46.5 Å². The Morgan fingerprint density at radius 3 is 2.57 bits per heavy atom. The van der Waals surface area contributed by atoms with Crippen molar-refractivity contribution in [3.8, 4) is 11.5 Å². The van der Waals surface area contributed by atoms with E-state index in [2.05, 4.69) is 15.9 Å². The Morgan fingerprint density at radius 2 is 1.96 bits per heavy atom. The third-order valence-electron chi connectivity index (χ3n) is 4.43. The van der Waals surface area contributed by atoms with Gasteiger partial charge in [-0.15, -0.1) is 0 Å². The van der Waals surface area contributed by atoms with E-state index in [1.807, 2.05) is 26.0 Å². The molecule has 6 heteroatoms. The fraction of sp³-hybridized carbons (Fsp3) is 0.409. The molecule has 0 heterocycles. The Morgan fingerprint density at radius 1 is 1.25 bits per heavy atom. The molecule has 28 heavy (non-hydrogen) atoms. The first-order chi connectivity index (χ1) is 13.2. The van der Waals surface area contributed by atoms with E-state index in [-0.39, 0.29) is 31.1 Å². The van der Waals surface area contributed by atoms with Crippen molar-refractivity contribution in [3.05, 3.63) is 56.5 Å². The molecule has 0 aliphatic heterocycles. The zero-order chi connectivity index (χ0) is 20.8. The Labute approximate surface area is 179 Å². The molecule has 0 fully saturated rings. The number of alkyl halides is 1. The molecule has 0 saturated heterocycles. The summed E-state index contributed by atoms with van der Waals surface area (Å²) in [6.07, 6.45) is -0.0456. The van der Waals surface area contributed by atoms with Crippen molar-refractivity contribution in [1.82, 2.24) is 0 Å². The van der Waals surface area contributed by atoms with Gasteiger partial charge in [-0.3, -0.25) is 4.79 Å². The number of hydrogen-bond donors (Lipinski definition) is 1. The van der Waals surface area contributed by atoms with E-state index in [1.54, 1.807) is 18.2 Å². The molecule has 152 valence electrons. The second-order valence-corrected chi connectivity index (χ2v) is 8.50. The van der Waals surface area contributed by atoms with Crippen molar-refractivity contribution >= 4 is 33.3 Å². The highest BCUT2D eigenvalue weighted by atomic mass is 79.9. The second-order valence-electron chi connectivity index (χ2n) is 7.24. The van der Waals surface area contributed by atoms with Gasteiger partial charge in [-0.2, -0.15) is 0 Å². The molecule has 2 aromatic carbocycles. The van der Waals surface area contributed by atoms with Crippen LogP contribution < -0.4 is 4.74 Å². The lowest BCUT2D eigenvalue weighted by molar-refractivity contribution is -0.121. The Bertz CT molecular complexity index is 814. The van der Waals surface area contributed by atoms with Crippen LogP contribution in [0.4, 0.5) is 4.39 Å². The van der Waals surface area contributed by atoms with E-state index >= 15 is 0 Å². The molecule has 0 bridgehead atoms. The Kier molecular flexibility index (Phi) is 8.32. The van der Waals surface area contributed by atoms with Crippen LogP contribution in [0.5, 0.6) is 11.5 Å². The van der Waals surface area contributed by atoms with Gasteiger partial charge >= 0.3 is 0 Å². The molecule has 0 saturated carbocycles. The van der Waals surface area contributed by atoms with Crippen molar-refractivity contribution in [2.24, 2.45) is 0 Å². The lowest BCUT2D eigenvalue weighted by Gasteiger charge is -2.14. The number of Topliss-reactive ketones (excluding diaryl/α,β-unsaturated/α-hetero) is 1. The highest BCUT2D eigenvalue weighted by molar-refractivity contribution is 9.10. The molecule has 0 spiro atoms. The maximum absolute atomic E-state index is 12.8. The van der Waals surface area contributed by atoms with E-state index in [0.717, 1.165) is 21.2 Å². The van der Waals surface area contributed by atoms with Crippen LogP contribution in [0.15, 0.2) is 34.8 Å². The van der Waals surface area contributed by atoms with Crippen LogP contribution in [0.25, 0.3) is 0 Å². The summed E-state index contributed by atoms with van der Waals surface area (Å²) in [5.41, 5.74) is 2.83. The summed E-state index contributed by atoms with van der Waals surface area (Å²) in [5.74, 6) is 0.842. The van der Waals surface area contributed by atoms with Gasteiger partial charge in [0.05, 0.1) is 6.17 Å². The highest BCUT2D eigenvalue weighted by Gasteiger charge is 2.13. The predicted molar refractivity (Wildman–Crippen MR) is 114 cm³/mol. The molecule has 0 aliphatic rings. The average molecular weight is 472 g/mol. The fourth-order valence-electron chi connectivity index (χ4n) is 2.81. The van der Waals surface area contributed by atoms with Crippen LogP contribution in [-0.2, 0) is 11.2 Å². The normalized spacial score (nSPS) is 12.2. The smallest absolute Gasteiger partial charge is 0.170 e. The molecule has 1 N–H and O–H groups in total. The molecule has 2 rings (SSSR count). The monoisotopic (exact) mass is 470 g/mol. The van der Waals surface area contributed by atoms with Gasteiger partial charge in [-0.1, -0.05) is 53.5 Å². The maximum Gasteiger partial charge on any atom is 0.170 e. The van der Waals surface area contributed by atoms with Gasteiger partial charge < -0.3 is 9.84 Å². The maximum atomic E-state index is 12.8. The van der Waals surface area contributed by atoms with Crippen molar-refractivity contribution < 1.29 is 19.0 Å². The van der Waals surface area contributed by atoms with Gasteiger partial charge in [0.15, 0.2) is 5.78 Å². The van der Waals surface area contributed by atoms with Crippen LogP contribution in [0.2, 0.25) is 5.02 Å². The first-order valence-electron chi connectivity index (χ1n) is 9.25. The van der Waals surface area contributed by atoms with Crippen LogP contribution >= 0.6 is 27.5 Å². The first kappa shape index (κ1) is 22.7. The van der Waals surface area contributed by atoms with Gasteiger partial charge in [-0.05, 0) is 54.2 Å². The van der Waals surface area contributed by atoms with Crippen LogP contribution in [0.1, 0.15) is 56.2 Å². The summed E-state index contributed by atoms with van der Waals surface area (Å²) < 4.78 is 19.1. The number of benzene rings is 2. The average Bonchev–Trinajstić information content (AvgIpc) is 2.62. The Hall–Kier alpha value is -1.59.